The van der Waals surface area contributed by atoms with Gasteiger partial charge in [-0.15, -0.1) is 0 Å². The second-order valence-electron chi connectivity index (χ2n) is 7.39. The van der Waals surface area contributed by atoms with Gasteiger partial charge >= 0.3 is 5.69 Å². The Hall–Kier alpha value is -4.21. The van der Waals surface area contributed by atoms with Gasteiger partial charge in [0.2, 0.25) is 5.91 Å². The van der Waals surface area contributed by atoms with Gasteiger partial charge in [-0.25, -0.2) is 9.18 Å². The topological polar surface area (TPSA) is 100 Å². The summed E-state index contributed by atoms with van der Waals surface area (Å²) in [6, 6.07) is 12.3. The normalized spacial score (nSPS) is 11.0. The first-order valence-corrected chi connectivity index (χ1v) is 10.3. The third-order valence-electron chi connectivity index (χ3n) is 5.18. The summed E-state index contributed by atoms with van der Waals surface area (Å²) in [6.45, 7) is 1.92. The number of fused-ring (bicyclic) bond motifs is 1. The number of carbonyl (C=O) groups excluding carboxylic acids is 1. The molecule has 1 amide bonds. The Labute approximate surface area is 187 Å². The van der Waals surface area contributed by atoms with Crippen molar-refractivity contribution in [2.75, 3.05) is 12.4 Å². The highest BCUT2D eigenvalue weighted by molar-refractivity contribution is 5.91. The Morgan fingerprint density at radius 2 is 1.88 bits per heavy atom. The number of ether oxygens (including phenoxy) is 1. The quantitative estimate of drug-likeness (QED) is 0.464. The minimum absolute atomic E-state index is 0.0766. The van der Waals surface area contributed by atoms with E-state index in [2.05, 4.69) is 10.4 Å². The molecule has 0 fully saturated rings. The highest BCUT2D eigenvalue weighted by Gasteiger charge is 2.19. The van der Waals surface area contributed by atoms with Gasteiger partial charge in [0.15, 0.2) is 5.52 Å². The molecule has 0 saturated heterocycles. The summed E-state index contributed by atoms with van der Waals surface area (Å²) in [5.74, 6) is -0.304. The maximum Gasteiger partial charge on any atom is 0.332 e. The summed E-state index contributed by atoms with van der Waals surface area (Å²) in [5, 5.41) is 7.01. The molecule has 0 radical (unpaired) electrons. The Bertz CT molecular complexity index is 1440. The largest absolute Gasteiger partial charge is 0.497 e. The number of aryl methyl sites for hydroxylation is 1. The van der Waals surface area contributed by atoms with Gasteiger partial charge in [-0.2, -0.15) is 5.10 Å². The van der Waals surface area contributed by atoms with Crippen LogP contribution in [0.1, 0.15) is 12.5 Å². The first-order chi connectivity index (χ1) is 15.9. The second-order valence-corrected chi connectivity index (χ2v) is 7.39. The summed E-state index contributed by atoms with van der Waals surface area (Å²) in [4.78, 5) is 39.1. The fraction of sp³-hybridized carbons (Fsp3) is 0.217. The lowest BCUT2D eigenvalue weighted by Gasteiger charge is -2.12. The molecule has 33 heavy (non-hydrogen) atoms. The molecule has 0 bridgehead atoms. The SMILES string of the molecule is CCn1cc2c(n1)c(=O)n(Cc1ccc(F)cc1)c(=O)n2CC(=O)Nc1cccc(OC)c1. The number of hydrogen-bond donors (Lipinski definition) is 1. The predicted octanol–water partition coefficient (Wildman–Crippen LogP) is 2.21. The third kappa shape index (κ3) is 4.54. The lowest BCUT2D eigenvalue weighted by atomic mass is 10.2. The van der Waals surface area contributed by atoms with Gasteiger partial charge in [-0.05, 0) is 36.8 Å². The number of nitrogens with one attached hydrogen (secondary N) is 1. The van der Waals surface area contributed by atoms with Crippen LogP contribution < -0.4 is 21.3 Å². The smallest absolute Gasteiger partial charge is 0.332 e. The summed E-state index contributed by atoms with van der Waals surface area (Å²) < 4.78 is 22.2. The number of rotatable bonds is 7. The van der Waals surface area contributed by atoms with Crippen molar-refractivity contribution in [3.63, 3.8) is 0 Å². The molecule has 2 heterocycles. The van der Waals surface area contributed by atoms with Crippen LogP contribution in [0.5, 0.6) is 5.75 Å². The van der Waals surface area contributed by atoms with Gasteiger partial charge in [0.1, 0.15) is 18.1 Å². The van der Waals surface area contributed by atoms with Gasteiger partial charge in [0.05, 0.1) is 19.2 Å². The number of hydrogen-bond acceptors (Lipinski definition) is 5. The van der Waals surface area contributed by atoms with E-state index in [0.717, 1.165) is 4.57 Å². The van der Waals surface area contributed by atoms with E-state index < -0.39 is 23.0 Å². The van der Waals surface area contributed by atoms with Crippen LogP contribution in [0.3, 0.4) is 0 Å². The number of nitrogens with zero attached hydrogens (tertiary/aromatic N) is 4. The molecule has 0 aliphatic carbocycles. The number of aromatic nitrogens is 4. The van der Waals surface area contributed by atoms with Crippen molar-refractivity contribution in [2.45, 2.75) is 26.6 Å². The maximum atomic E-state index is 13.3. The number of methoxy groups -OCH3 is 1. The van der Waals surface area contributed by atoms with E-state index in [9.17, 15) is 18.8 Å². The number of benzene rings is 2. The highest BCUT2D eigenvalue weighted by atomic mass is 19.1. The molecule has 0 spiro atoms. The number of carbonyl (C=O) groups is 1. The summed E-state index contributed by atoms with van der Waals surface area (Å²) >= 11 is 0. The van der Waals surface area contributed by atoms with E-state index in [4.69, 9.17) is 4.74 Å². The molecular weight excluding hydrogens is 429 g/mol. The summed E-state index contributed by atoms with van der Waals surface area (Å²) in [5.41, 5.74) is 0.185. The first-order valence-electron chi connectivity index (χ1n) is 10.3. The van der Waals surface area contributed by atoms with Gasteiger partial charge in [0.25, 0.3) is 5.56 Å². The lowest BCUT2D eigenvalue weighted by molar-refractivity contribution is -0.116. The number of halogens is 1. The van der Waals surface area contributed by atoms with Crippen molar-refractivity contribution in [1.29, 1.82) is 0 Å². The molecule has 2 aromatic heterocycles. The van der Waals surface area contributed by atoms with Crippen LogP contribution in [0.4, 0.5) is 10.1 Å². The molecule has 1 N–H and O–H groups in total. The third-order valence-corrected chi connectivity index (χ3v) is 5.18. The fourth-order valence-corrected chi connectivity index (χ4v) is 3.50. The zero-order valence-electron chi connectivity index (χ0n) is 18.1. The molecule has 2 aromatic carbocycles. The summed E-state index contributed by atoms with van der Waals surface area (Å²) in [7, 11) is 1.52. The number of amides is 1. The lowest BCUT2D eigenvalue weighted by Crippen LogP contribution is -2.41. The predicted molar refractivity (Wildman–Crippen MR) is 121 cm³/mol. The van der Waals surface area contributed by atoms with Crippen molar-refractivity contribution in [2.24, 2.45) is 0 Å². The van der Waals surface area contributed by atoms with Crippen molar-refractivity contribution in [3.8, 4) is 5.75 Å². The monoisotopic (exact) mass is 451 g/mol. The van der Waals surface area contributed by atoms with Crippen molar-refractivity contribution < 1.29 is 13.9 Å². The van der Waals surface area contributed by atoms with Crippen molar-refractivity contribution in [1.82, 2.24) is 18.9 Å². The fourth-order valence-electron chi connectivity index (χ4n) is 3.50. The van der Waals surface area contributed by atoms with Crippen LogP contribution in [-0.2, 0) is 24.4 Å². The van der Waals surface area contributed by atoms with E-state index in [1.165, 1.54) is 40.6 Å². The molecule has 4 aromatic rings. The minimum atomic E-state index is -0.659. The van der Waals surface area contributed by atoms with Gasteiger partial charge < -0.3 is 10.1 Å². The molecule has 0 aliphatic heterocycles. The molecule has 9 nitrogen and oxygen atoms in total. The molecular formula is C23H22FN5O4. The van der Waals surface area contributed by atoms with Gasteiger partial charge in [0, 0.05) is 24.5 Å². The minimum Gasteiger partial charge on any atom is -0.497 e. The second kappa shape index (κ2) is 9.11. The molecule has 0 saturated carbocycles. The van der Waals surface area contributed by atoms with Crippen molar-refractivity contribution >= 4 is 22.6 Å². The zero-order valence-corrected chi connectivity index (χ0v) is 18.1. The molecule has 4 rings (SSSR count). The van der Waals surface area contributed by atoms with E-state index in [0.29, 0.717) is 23.5 Å². The van der Waals surface area contributed by atoms with Crippen LogP contribution in [0.25, 0.3) is 11.0 Å². The molecule has 0 unspecified atom stereocenters. The standard InChI is InChI=1S/C23H22FN5O4/c1-3-27-13-19-21(26-27)22(31)29(12-15-7-9-16(24)10-8-15)23(32)28(19)14-20(30)25-17-5-4-6-18(11-17)33-2/h4-11,13H,3,12,14H2,1-2H3,(H,25,30). The van der Waals surface area contributed by atoms with E-state index >= 15 is 0 Å². The Balaban J connectivity index is 1.74. The highest BCUT2D eigenvalue weighted by Crippen LogP contribution is 2.17. The number of anilines is 1. The average molecular weight is 451 g/mol. The molecule has 0 atom stereocenters. The summed E-state index contributed by atoms with van der Waals surface area (Å²) in [6.07, 6.45) is 1.57. The van der Waals surface area contributed by atoms with Crippen LogP contribution in [-0.4, -0.2) is 31.9 Å². The Morgan fingerprint density at radius 1 is 1.12 bits per heavy atom. The van der Waals surface area contributed by atoms with Crippen LogP contribution >= 0.6 is 0 Å². The van der Waals surface area contributed by atoms with E-state index in [-0.39, 0.29) is 24.1 Å². The van der Waals surface area contributed by atoms with Crippen LogP contribution in [0.15, 0.2) is 64.3 Å². The van der Waals surface area contributed by atoms with Gasteiger partial charge in [-0.1, -0.05) is 18.2 Å². The Kier molecular flexibility index (Phi) is 6.07. The van der Waals surface area contributed by atoms with Crippen molar-refractivity contribution in [3.05, 3.63) is 86.9 Å². The Morgan fingerprint density at radius 3 is 2.58 bits per heavy atom. The maximum absolute atomic E-state index is 13.3. The molecule has 170 valence electrons. The molecule has 0 aliphatic rings. The first kappa shape index (κ1) is 22.0. The van der Waals surface area contributed by atoms with E-state index in [1.807, 2.05) is 6.92 Å². The van der Waals surface area contributed by atoms with Crippen LogP contribution in [0.2, 0.25) is 0 Å². The van der Waals surface area contributed by atoms with Gasteiger partial charge in [-0.3, -0.25) is 23.4 Å². The van der Waals surface area contributed by atoms with E-state index in [1.54, 1.807) is 30.5 Å². The zero-order chi connectivity index (χ0) is 23.5. The average Bonchev–Trinajstić information content (AvgIpc) is 3.25. The van der Waals surface area contributed by atoms with Crippen LogP contribution in [0, 0.1) is 5.82 Å². The molecule has 10 heteroatoms.